The molecule has 0 aliphatic heterocycles. The van der Waals surface area contributed by atoms with Crippen molar-refractivity contribution in [1.82, 2.24) is 15.0 Å². The normalized spacial score (nSPS) is 10.9. The Morgan fingerprint density at radius 1 is 1.35 bits per heavy atom. The van der Waals surface area contributed by atoms with Gasteiger partial charge in [0, 0.05) is 16.4 Å². The molecule has 2 heterocycles. The highest BCUT2D eigenvalue weighted by molar-refractivity contribution is 7.99. The average Bonchev–Trinajstić information content (AvgIpc) is 2.86. The van der Waals surface area contributed by atoms with E-state index in [1.807, 2.05) is 6.92 Å². The van der Waals surface area contributed by atoms with Gasteiger partial charge in [-0.15, -0.1) is 0 Å². The van der Waals surface area contributed by atoms with Crippen LogP contribution >= 0.6 is 23.4 Å². The highest BCUT2D eigenvalue weighted by Crippen LogP contribution is 2.18. The number of aromatic amines is 2. The SMILES string of the molecule is Cc1cc2nc(SCC(=O)Nc3cccc(Cl)c3)[nH]c(=O)c2[nH]1. The van der Waals surface area contributed by atoms with Gasteiger partial charge in [-0.25, -0.2) is 4.98 Å². The first-order chi connectivity index (χ1) is 11.0. The van der Waals surface area contributed by atoms with Crippen LogP contribution in [0.4, 0.5) is 5.69 Å². The fourth-order valence-electron chi connectivity index (χ4n) is 2.10. The van der Waals surface area contributed by atoms with E-state index in [9.17, 15) is 9.59 Å². The Bertz CT molecular complexity index is 935. The number of anilines is 1. The van der Waals surface area contributed by atoms with Gasteiger partial charge in [-0.3, -0.25) is 14.6 Å². The molecule has 1 aromatic carbocycles. The second-order valence-electron chi connectivity index (χ2n) is 4.93. The topological polar surface area (TPSA) is 90.6 Å². The Balaban J connectivity index is 1.68. The van der Waals surface area contributed by atoms with E-state index >= 15 is 0 Å². The molecule has 0 unspecified atom stereocenters. The number of hydrogen-bond donors (Lipinski definition) is 3. The van der Waals surface area contributed by atoms with E-state index in [-0.39, 0.29) is 17.2 Å². The van der Waals surface area contributed by atoms with Gasteiger partial charge in [-0.1, -0.05) is 29.4 Å². The lowest BCUT2D eigenvalue weighted by atomic mass is 10.3. The summed E-state index contributed by atoms with van der Waals surface area (Å²) in [6.45, 7) is 1.85. The summed E-state index contributed by atoms with van der Waals surface area (Å²) in [5, 5.41) is 3.69. The van der Waals surface area contributed by atoms with Crippen LogP contribution in [0.25, 0.3) is 11.0 Å². The highest BCUT2D eigenvalue weighted by atomic mass is 35.5. The van der Waals surface area contributed by atoms with Gasteiger partial charge < -0.3 is 10.3 Å². The number of nitrogens with one attached hydrogen (secondary N) is 3. The number of carbonyl (C=O) groups is 1. The molecule has 2 aromatic heterocycles. The number of aryl methyl sites for hydroxylation is 1. The van der Waals surface area contributed by atoms with Crippen molar-refractivity contribution in [2.75, 3.05) is 11.1 Å². The zero-order chi connectivity index (χ0) is 16.4. The number of hydrogen-bond acceptors (Lipinski definition) is 4. The number of amides is 1. The number of H-pyrrole nitrogens is 2. The molecule has 0 saturated carbocycles. The molecule has 8 heteroatoms. The van der Waals surface area contributed by atoms with Crippen LogP contribution in [0.5, 0.6) is 0 Å². The zero-order valence-corrected chi connectivity index (χ0v) is 13.7. The van der Waals surface area contributed by atoms with Crippen LogP contribution in [0.2, 0.25) is 5.02 Å². The third-order valence-electron chi connectivity index (χ3n) is 3.05. The van der Waals surface area contributed by atoms with Crippen LogP contribution in [-0.2, 0) is 4.79 Å². The number of carbonyl (C=O) groups excluding carboxylic acids is 1. The molecule has 3 aromatic rings. The standard InChI is InChI=1S/C15H13ClN4O2S/c1-8-5-11-13(17-8)14(22)20-15(19-11)23-7-12(21)18-10-4-2-3-9(16)6-10/h2-6,17H,7H2,1H3,(H,18,21)(H,19,20,22). The molecule has 1 amide bonds. The molecule has 0 atom stereocenters. The Morgan fingerprint density at radius 2 is 2.17 bits per heavy atom. The number of fused-ring (bicyclic) bond motifs is 1. The molecule has 0 aliphatic carbocycles. The van der Waals surface area contributed by atoms with Crippen LogP contribution in [0, 0.1) is 6.92 Å². The predicted octanol–water partition coefficient (Wildman–Crippen LogP) is 2.94. The van der Waals surface area contributed by atoms with E-state index in [1.165, 1.54) is 0 Å². The van der Waals surface area contributed by atoms with Gasteiger partial charge in [-0.2, -0.15) is 0 Å². The van der Waals surface area contributed by atoms with Crippen LogP contribution in [0.3, 0.4) is 0 Å². The second-order valence-corrected chi connectivity index (χ2v) is 6.33. The fourth-order valence-corrected chi connectivity index (χ4v) is 2.96. The van der Waals surface area contributed by atoms with Crippen LogP contribution in [-0.4, -0.2) is 26.6 Å². The van der Waals surface area contributed by atoms with Crippen molar-refractivity contribution in [2.45, 2.75) is 12.1 Å². The van der Waals surface area contributed by atoms with E-state index in [1.54, 1.807) is 30.3 Å². The largest absolute Gasteiger partial charge is 0.353 e. The molecule has 0 aliphatic rings. The predicted molar refractivity (Wildman–Crippen MR) is 92.3 cm³/mol. The molecule has 23 heavy (non-hydrogen) atoms. The summed E-state index contributed by atoms with van der Waals surface area (Å²) in [5.74, 6) is -0.0741. The first-order valence-corrected chi connectivity index (χ1v) is 8.15. The first kappa shape index (κ1) is 15.6. The maximum Gasteiger partial charge on any atom is 0.275 e. The van der Waals surface area contributed by atoms with Crippen molar-refractivity contribution < 1.29 is 4.79 Å². The minimum absolute atomic E-state index is 0.129. The van der Waals surface area contributed by atoms with Gasteiger partial charge in [0.2, 0.25) is 5.91 Å². The van der Waals surface area contributed by atoms with Gasteiger partial charge in [0.1, 0.15) is 5.52 Å². The van der Waals surface area contributed by atoms with Gasteiger partial charge in [0.25, 0.3) is 5.56 Å². The first-order valence-electron chi connectivity index (χ1n) is 6.79. The van der Waals surface area contributed by atoms with E-state index in [0.717, 1.165) is 17.5 Å². The molecule has 0 radical (unpaired) electrons. The Kier molecular flexibility index (Phi) is 4.40. The molecule has 0 bridgehead atoms. The number of benzene rings is 1. The van der Waals surface area contributed by atoms with Crippen molar-refractivity contribution >= 4 is 46.0 Å². The van der Waals surface area contributed by atoms with E-state index in [0.29, 0.717) is 26.9 Å². The van der Waals surface area contributed by atoms with E-state index < -0.39 is 0 Å². The maximum atomic E-state index is 11.9. The van der Waals surface area contributed by atoms with Crippen molar-refractivity contribution in [2.24, 2.45) is 0 Å². The van der Waals surface area contributed by atoms with Crippen LogP contribution < -0.4 is 10.9 Å². The number of rotatable bonds is 4. The van der Waals surface area contributed by atoms with Crippen molar-refractivity contribution in [3.05, 3.63) is 51.4 Å². The highest BCUT2D eigenvalue weighted by Gasteiger charge is 2.09. The third-order valence-corrected chi connectivity index (χ3v) is 4.16. The van der Waals surface area contributed by atoms with Crippen molar-refractivity contribution in [3.63, 3.8) is 0 Å². The molecule has 0 fully saturated rings. The smallest absolute Gasteiger partial charge is 0.275 e. The summed E-state index contributed by atoms with van der Waals surface area (Å²) in [7, 11) is 0. The lowest BCUT2D eigenvalue weighted by Gasteiger charge is -2.05. The van der Waals surface area contributed by atoms with Crippen LogP contribution in [0.15, 0.2) is 40.3 Å². The monoisotopic (exact) mass is 348 g/mol. The van der Waals surface area contributed by atoms with Crippen LogP contribution in [0.1, 0.15) is 5.69 Å². The third kappa shape index (κ3) is 3.75. The number of nitrogens with zero attached hydrogens (tertiary/aromatic N) is 1. The van der Waals surface area contributed by atoms with Gasteiger partial charge in [0.05, 0.1) is 11.3 Å². The molecule has 3 rings (SSSR count). The maximum absolute atomic E-state index is 11.9. The average molecular weight is 349 g/mol. The summed E-state index contributed by atoms with van der Waals surface area (Å²) in [6.07, 6.45) is 0. The summed E-state index contributed by atoms with van der Waals surface area (Å²) >= 11 is 7.03. The quantitative estimate of drug-likeness (QED) is 0.499. The summed E-state index contributed by atoms with van der Waals surface area (Å²) in [5.41, 5.74) is 2.26. The molecule has 6 nitrogen and oxygen atoms in total. The minimum Gasteiger partial charge on any atom is -0.353 e. The molecule has 0 saturated heterocycles. The summed E-state index contributed by atoms with van der Waals surface area (Å²) < 4.78 is 0. The van der Waals surface area contributed by atoms with Gasteiger partial charge >= 0.3 is 0 Å². The van der Waals surface area contributed by atoms with Gasteiger partial charge in [-0.05, 0) is 31.2 Å². The van der Waals surface area contributed by atoms with Gasteiger partial charge in [0.15, 0.2) is 5.16 Å². The fraction of sp³-hybridized carbons (Fsp3) is 0.133. The van der Waals surface area contributed by atoms with Crippen molar-refractivity contribution in [3.8, 4) is 0 Å². The minimum atomic E-state index is -0.249. The van der Waals surface area contributed by atoms with Crippen molar-refractivity contribution in [1.29, 1.82) is 0 Å². The molecule has 3 N–H and O–H groups in total. The summed E-state index contributed by atoms with van der Waals surface area (Å²) in [6, 6.07) is 8.70. The molecular weight excluding hydrogens is 336 g/mol. The number of thioether (sulfide) groups is 1. The second kappa shape index (κ2) is 6.47. The molecule has 0 spiro atoms. The number of halogens is 1. The molecular formula is C15H13ClN4O2S. The Hall–Kier alpha value is -2.25. The Labute approximate surface area is 140 Å². The van der Waals surface area contributed by atoms with E-state index in [4.69, 9.17) is 11.6 Å². The summed E-state index contributed by atoms with van der Waals surface area (Å²) in [4.78, 5) is 33.8. The number of aromatic nitrogens is 3. The lowest BCUT2D eigenvalue weighted by Crippen LogP contribution is -2.15. The Morgan fingerprint density at radius 3 is 2.96 bits per heavy atom. The lowest BCUT2D eigenvalue weighted by molar-refractivity contribution is -0.113. The zero-order valence-electron chi connectivity index (χ0n) is 12.1. The molecule has 118 valence electrons. The van der Waals surface area contributed by atoms with E-state index in [2.05, 4.69) is 20.3 Å².